The molecule has 1 N–H and O–H groups in total. The van der Waals surface area contributed by atoms with Crippen molar-refractivity contribution in [3.8, 4) is 0 Å². The van der Waals surface area contributed by atoms with Gasteiger partial charge in [0.25, 0.3) is 5.91 Å². The zero-order valence-corrected chi connectivity index (χ0v) is 10.7. The van der Waals surface area contributed by atoms with Gasteiger partial charge in [-0.2, -0.15) is 8.78 Å². The third kappa shape index (κ3) is 3.83. The summed E-state index contributed by atoms with van der Waals surface area (Å²) in [6.07, 6.45) is -3.85. The third-order valence-corrected chi connectivity index (χ3v) is 3.03. The zero-order valence-electron chi connectivity index (χ0n) is 9.90. The fourth-order valence-electron chi connectivity index (χ4n) is 1.07. The maximum absolute atomic E-state index is 12.6. The Morgan fingerprint density at radius 2 is 1.83 bits per heavy atom. The number of carbonyl (C=O) groups excluding carboxylic acids is 2. The Morgan fingerprint density at radius 1 is 1.33 bits per heavy atom. The molecule has 8 heteroatoms. The summed E-state index contributed by atoms with van der Waals surface area (Å²) in [6, 6.07) is 0. The van der Waals surface area contributed by atoms with E-state index in [1.54, 1.807) is 12.2 Å². The average molecular weight is 292 g/mol. The van der Waals surface area contributed by atoms with Crippen LogP contribution in [0.2, 0.25) is 0 Å². The second-order valence-electron chi connectivity index (χ2n) is 4.08. The summed E-state index contributed by atoms with van der Waals surface area (Å²) in [5.74, 6) is -7.66. The van der Waals surface area contributed by atoms with Gasteiger partial charge in [0.15, 0.2) is 5.78 Å². The number of nitrogens with one attached hydrogen (secondary N) is 1. The molecule has 0 heterocycles. The normalized spacial score (nSPS) is 15.3. The Labute approximate surface area is 107 Å². The van der Waals surface area contributed by atoms with E-state index in [1.807, 2.05) is 0 Å². The first-order valence-electron chi connectivity index (χ1n) is 5.15. The molecule has 0 aliphatic rings. The lowest BCUT2D eigenvalue weighted by atomic mass is 9.83. The first-order valence-corrected chi connectivity index (χ1v) is 5.68. The van der Waals surface area contributed by atoms with Gasteiger partial charge in [0, 0.05) is 12.0 Å². The predicted octanol–water partition coefficient (Wildman–Crippen LogP) is 2.23. The molecule has 0 bridgehead atoms. The summed E-state index contributed by atoms with van der Waals surface area (Å²) in [5, 5.41) is 1.66. The average Bonchev–Trinajstić information content (AvgIpc) is 2.33. The molecule has 0 rings (SSSR count). The minimum absolute atomic E-state index is 0.235. The number of hydrogen-bond acceptors (Lipinski definition) is 2. The van der Waals surface area contributed by atoms with Crippen molar-refractivity contribution in [3.63, 3.8) is 0 Å². The van der Waals surface area contributed by atoms with E-state index in [9.17, 15) is 27.2 Å². The second kappa shape index (κ2) is 6.36. The standard InChI is InChI=1S/C10H14ClF4NO2/c1-3-9(2,6(17)4-11)5-16-8(18)10(14,15)7(12)13/h7H,3-5H2,1-2H3,(H,16,18). The highest BCUT2D eigenvalue weighted by atomic mass is 35.5. The minimum atomic E-state index is -4.77. The van der Waals surface area contributed by atoms with Crippen molar-refractivity contribution in [2.75, 3.05) is 12.4 Å². The second-order valence-corrected chi connectivity index (χ2v) is 4.34. The highest BCUT2D eigenvalue weighted by Crippen LogP contribution is 2.25. The first kappa shape index (κ1) is 17.2. The van der Waals surface area contributed by atoms with Crippen LogP contribution >= 0.6 is 11.6 Å². The van der Waals surface area contributed by atoms with Crippen LogP contribution in [0.5, 0.6) is 0 Å². The number of amides is 1. The first-order chi connectivity index (χ1) is 8.11. The largest absolute Gasteiger partial charge is 0.383 e. The molecular formula is C10H14ClF4NO2. The molecule has 0 aliphatic heterocycles. The smallest absolute Gasteiger partial charge is 0.350 e. The van der Waals surface area contributed by atoms with E-state index < -0.39 is 36.0 Å². The number of carbonyl (C=O) groups is 2. The maximum atomic E-state index is 12.6. The molecule has 0 saturated carbocycles. The van der Waals surface area contributed by atoms with Crippen LogP contribution in [-0.4, -0.2) is 36.5 Å². The fraction of sp³-hybridized carbons (Fsp3) is 0.800. The summed E-state index contributed by atoms with van der Waals surface area (Å²) >= 11 is 5.34. The lowest BCUT2D eigenvalue weighted by Crippen LogP contribution is -2.49. The Balaban J connectivity index is 4.66. The number of rotatable bonds is 7. The summed E-state index contributed by atoms with van der Waals surface area (Å²) in [5.41, 5.74) is -1.14. The molecule has 0 aliphatic carbocycles. The number of ketones is 1. The molecule has 0 saturated heterocycles. The van der Waals surface area contributed by atoms with Crippen molar-refractivity contribution in [2.24, 2.45) is 5.41 Å². The Bertz CT molecular complexity index is 325. The molecule has 1 unspecified atom stereocenters. The molecule has 0 fully saturated rings. The van der Waals surface area contributed by atoms with E-state index >= 15 is 0 Å². The van der Waals surface area contributed by atoms with Crippen molar-refractivity contribution in [3.05, 3.63) is 0 Å². The van der Waals surface area contributed by atoms with E-state index in [-0.39, 0.29) is 12.3 Å². The molecule has 3 nitrogen and oxygen atoms in total. The Morgan fingerprint density at radius 3 is 2.17 bits per heavy atom. The van der Waals surface area contributed by atoms with Gasteiger partial charge in [-0.3, -0.25) is 9.59 Å². The Hall–Kier alpha value is -0.850. The number of Topliss-reactive ketones (excluding diaryl/α,β-unsaturated/α-hetero) is 1. The van der Waals surface area contributed by atoms with E-state index in [0.717, 1.165) is 0 Å². The van der Waals surface area contributed by atoms with E-state index in [2.05, 4.69) is 0 Å². The van der Waals surface area contributed by atoms with Crippen LogP contribution in [0, 0.1) is 5.41 Å². The minimum Gasteiger partial charge on any atom is -0.350 e. The Kier molecular flexibility index (Phi) is 6.06. The highest BCUT2D eigenvalue weighted by molar-refractivity contribution is 6.28. The van der Waals surface area contributed by atoms with Gasteiger partial charge in [-0.1, -0.05) is 13.8 Å². The van der Waals surface area contributed by atoms with E-state index in [0.29, 0.717) is 0 Å². The van der Waals surface area contributed by atoms with Crippen LogP contribution in [0.25, 0.3) is 0 Å². The molecule has 0 aromatic carbocycles. The van der Waals surface area contributed by atoms with Gasteiger partial charge < -0.3 is 5.32 Å². The SMILES string of the molecule is CCC(C)(CNC(=O)C(F)(F)C(F)F)C(=O)CCl. The van der Waals surface area contributed by atoms with Gasteiger partial charge in [-0.15, -0.1) is 11.6 Å². The van der Waals surface area contributed by atoms with E-state index in [4.69, 9.17) is 11.6 Å². The summed E-state index contributed by atoms with van der Waals surface area (Å²) in [6.45, 7) is 2.55. The molecule has 0 spiro atoms. The number of alkyl halides is 5. The van der Waals surface area contributed by atoms with Crippen molar-refractivity contribution in [2.45, 2.75) is 32.6 Å². The number of hydrogen-bond donors (Lipinski definition) is 1. The molecule has 0 radical (unpaired) electrons. The van der Waals surface area contributed by atoms with Crippen LogP contribution in [-0.2, 0) is 9.59 Å². The number of halogens is 5. The van der Waals surface area contributed by atoms with Gasteiger partial charge in [-0.05, 0) is 6.42 Å². The molecule has 0 aromatic heterocycles. The summed E-state index contributed by atoms with van der Waals surface area (Å²) in [7, 11) is 0. The lowest BCUT2D eigenvalue weighted by molar-refractivity contribution is -0.169. The molecule has 106 valence electrons. The lowest BCUT2D eigenvalue weighted by Gasteiger charge is -2.27. The molecular weight excluding hydrogens is 278 g/mol. The molecule has 0 aromatic rings. The fourth-order valence-corrected chi connectivity index (χ4v) is 1.40. The summed E-state index contributed by atoms with van der Waals surface area (Å²) in [4.78, 5) is 22.3. The van der Waals surface area contributed by atoms with Crippen LogP contribution in [0.3, 0.4) is 0 Å². The van der Waals surface area contributed by atoms with Crippen LogP contribution in [0.4, 0.5) is 17.6 Å². The van der Waals surface area contributed by atoms with Gasteiger partial charge >= 0.3 is 12.3 Å². The van der Waals surface area contributed by atoms with Gasteiger partial charge in [0.1, 0.15) is 0 Å². The van der Waals surface area contributed by atoms with Gasteiger partial charge in [0.2, 0.25) is 0 Å². The van der Waals surface area contributed by atoms with Crippen LogP contribution in [0.15, 0.2) is 0 Å². The molecule has 1 atom stereocenters. The quantitative estimate of drug-likeness (QED) is 0.577. The third-order valence-electron chi connectivity index (χ3n) is 2.79. The van der Waals surface area contributed by atoms with Crippen molar-refractivity contribution < 1.29 is 27.2 Å². The molecule has 18 heavy (non-hydrogen) atoms. The zero-order chi connectivity index (χ0) is 14.6. The van der Waals surface area contributed by atoms with E-state index in [1.165, 1.54) is 6.92 Å². The topological polar surface area (TPSA) is 46.2 Å². The van der Waals surface area contributed by atoms with Crippen LogP contribution in [0.1, 0.15) is 20.3 Å². The molecule has 1 amide bonds. The predicted molar refractivity (Wildman–Crippen MR) is 58.1 cm³/mol. The van der Waals surface area contributed by atoms with Crippen LogP contribution < -0.4 is 5.32 Å². The summed E-state index contributed by atoms with van der Waals surface area (Å²) < 4.78 is 49.0. The monoisotopic (exact) mass is 291 g/mol. The van der Waals surface area contributed by atoms with Gasteiger partial charge in [0.05, 0.1) is 5.88 Å². The van der Waals surface area contributed by atoms with Crippen molar-refractivity contribution in [1.82, 2.24) is 5.32 Å². The van der Waals surface area contributed by atoms with Crippen molar-refractivity contribution in [1.29, 1.82) is 0 Å². The van der Waals surface area contributed by atoms with Gasteiger partial charge in [-0.25, -0.2) is 8.78 Å². The maximum Gasteiger partial charge on any atom is 0.383 e. The van der Waals surface area contributed by atoms with Crippen molar-refractivity contribution >= 4 is 23.3 Å². The highest BCUT2D eigenvalue weighted by Gasteiger charge is 2.49.